The molecule has 0 aliphatic heterocycles. The molecule has 1 heterocycles. The van der Waals surface area contributed by atoms with E-state index in [1.54, 1.807) is 11.5 Å². The summed E-state index contributed by atoms with van der Waals surface area (Å²) in [5, 5.41) is 0. The third-order valence-electron chi connectivity index (χ3n) is 2.88. The fourth-order valence-corrected chi connectivity index (χ4v) is 2.93. The second-order valence-corrected chi connectivity index (χ2v) is 4.78. The molecule has 1 aliphatic carbocycles. The molecule has 1 saturated carbocycles. The summed E-state index contributed by atoms with van der Waals surface area (Å²) in [7, 11) is 0. The second kappa shape index (κ2) is 3.76. The van der Waals surface area contributed by atoms with Gasteiger partial charge in [-0.1, -0.05) is 12.8 Å². The average molecular weight is 196 g/mol. The first-order chi connectivity index (χ1) is 6.27. The van der Waals surface area contributed by atoms with Gasteiger partial charge in [0.2, 0.25) is 0 Å². The summed E-state index contributed by atoms with van der Waals surface area (Å²) in [5.41, 5.74) is 7.29. The van der Waals surface area contributed by atoms with E-state index in [0.29, 0.717) is 5.92 Å². The monoisotopic (exact) mass is 196 g/mol. The Kier molecular flexibility index (Phi) is 2.65. The van der Waals surface area contributed by atoms with Gasteiger partial charge in [-0.25, -0.2) is 0 Å². The molecule has 0 bridgehead atoms. The van der Waals surface area contributed by atoms with Crippen LogP contribution in [-0.2, 0) is 0 Å². The average Bonchev–Trinajstić information content (AvgIpc) is 2.72. The lowest BCUT2D eigenvalue weighted by molar-refractivity contribution is 0.450. The van der Waals surface area contributed by atoms with E-state index in [1.165, 1.54) is 30.6 Å². The van der Waals surface area contributed by atoms with Gasteiger partial charge in [-0.05, 0) is 43.3 Å². The smallest absolute Gasteiger partial charge is 0.0514 e. The van der Waals surface area contributed by atoms with Crippen molar-refractivity contribution in [2.75, 3.05) is 0 Å². The van der Waals surface area contributed by atoms with E-state index >= 15 is 0 Å². The van der Waals surface area contributed by atoms with Gasteiger partial charge < -0.3 is 5.73 Å². The van der Waals surface area contributed by atoms with Crippen LogP contribution in [0.5, 0.6) is 0 Å². The van der Waals surface area contributed by atoms with Crippen LogP contribution in [0.15, 0.2) is 6.07 Å². The highest BCUT2D eigenvalue weighted by atomic mass is 32.1. The Morgan fingerprint density at radius 2 is 2.23 bits per heavy atom. The fraction of sp³-hybridized carbons (Fsp3) is 0.700. The van der Waals surface area contributed by atoms with Crippen molar-refractivity contribution in [1.82, 2.24) is 4.37 Å². The lowest BCUT2D eigenvalue weighted by Gasteiger charge is -2.16. The Morgan fingerprint density at radius 3 is 2.77 bits per heavy atom. The predicted octanol–water partition coefficient (Wildman–Crippen LogP) is 2.64. The van der Waals surface area contributed by atoms with Crippen molar-refractivity contribution in [1.29, 1.82) is 0 Å². The molecule has 1 aliphatic rings. The first-order valence-electron chi connectivity index (χ1n) is 4.96. The van der Waals surface area contributed by atoms with Crippen molar-refractivity contribution in [3.8, 4) is 0 Å². The van der Waals surface area contributed by atoms with E-state index in [0.717, 1.165) is 5.69 Å². The molecule has 0 radical (unpaired) electrons. The molecular weight excluding hydrogens is 180 g/mol. The van der Waals surface area contributed by atoms with Gasteiger partial charge in [0.25, 0.3) is 0 Å². The Labute approximate surface area is 83.3 Å². The van der Waals surface area contributed by atoms with Crippen LogP contribution in [0.1, 0.15) is 42.3 Å². The number of aryl methyl sites for hydroxylation is 1. The van der Waals surface area contributed by atoms with Crippen LogP contribution < -0.4 is 5.73 Å². The van der Waals surface area contributed by atoms with Crippen LogP contribution in [0.2, 0.25) is 0 Å². The van der Waals surface area contributed by atoms with Crippen LogP contribution in [-0.4, -0.2) is 4.37 Å². The third kappa shape index (κ3) is 1.92. The highest BCUT2D eigenvalue weighted by Gasteiger charge is 2.24. The molecule has 1 unspecified atom stereocenters. The number of aromatic nitrogens is 1. The molecule has 0 aromatic carbocycles. The number of rotatable bonds is 2. The maximum atomic E-state index is 6.18. The molecule has 72 valence electrons. The summed E-state index contributed by atoms with van der Waals surface area (Å²) < 4.78 is 4.27. The van der Waals surface area contributed by atoms with E-state index in [-0.39, 0.29) is 6.04 Å². The van der Waals surface area contributed by atoms with Gasteiger partial charge >= 0.3 is 0 Å². The third-order valence-corrected chi connectivity index (χ3v) is 3.86. The zero-order valence-corrected chi connectivity index (χ0v) is 8.81. The van der Waals surface area contributed by atoms with Gasteiger partial charge in [-0.15, -0.1) is 0 Å². The SMILES string of the molecule is Cc1cc(C(N)C2CCCC2)sn1. The van der Waals surface area contributed by atoms with E-state index in [9.17, 15) is 0 Å². The zero-order valence-electron chi connectivity index (χ0n) is 7.99. The van der Waals surface area contributed by atoms with Crippen LogP contribution in [0.25, 0.3) is 0 Å². The molecule has 1 fully saturated rings. The Bertz CT molecular complexity index is 276. The highest BCUT2D eigenvalue weighted by molar-refractivity contribution is 7.05. The molecule has 3 heteroatoms. The minimum Gasteiger partial charge on any atom is -0.323 e. The van der Waals surface area contributed by atoms with Crippen LogP contribution in [0.4, 0.5) is 0 Å². The Hall–Kier alpha value is -0.410. The van der Waals surface area contributed by atoms with E-state index in [2.05, 4.69) is 10.4 Å². The standard InChI is InChI=1S/C10H16N2S/c1-7-6-9(13-12-7)10(11)8-4-2-3-5-8/h6,8,10H,2-5,11H2,1H3. The van der Waals surface area contributed by atoms with Gasteiger partial charge in [0, 0.05) is 10.9 Å². The van der Waals surface area contributed by atoms with Crippen LogP contribution >= 0.6 is 11.5 Å². The molecule has 0 saturated heterocycles. The molecule has 13 heavy (non-hydrogen) atoms. The maximum absolute atomic E-state index is 6.18. The fourth-order valence-electron chi connectivity index (χ4n) is 2.09. The first kappa shape index (κ1) is 9.16. The van der Waals surface area contributed by atoms with Crippen LogP contribution in [0.3, 0.4) is 0 Å². The van der Waals surface area contributed by atoms with E-state index in [4.69, 9.17) is 5.73 Å². The lowest BCUT2D eigenvalue weighted by Crippen LogP contribution is -2.17. The number of nitrogens with two attached hydrogens (primary N) is 1. The van der Waals surface area contributed by atoms with Crippen molar-refractivity contribution >= 4 is 11.5 Å². The minimum absolute atomic E-state index is 0.244. The summed E-state index contributed by atoms with van der Waals surface area (Å²) >= 11 is 1.57. The van der Waals surface area contributed by atoms with Gasteiger partial charge in [0.1, 0.15) is 0 Å². The molecule has 2 N–H and O–H groups in total. The molecule has 2 nitrogen and oxygen atoms in total. The van der Waals surface area contributed by atoms with Crippen molar-refractivity contribution in [2.45, 2.75) is 38.6 Å². The van der Waals surface area contributed by atoms with E-state index < -0.39 is 0 Å². The van der Waals surface area contributed by atoms with Crippen molar-refractivity contribution in [2.24, 2.45) is 11.7 Å². The highest BCUT2D eigenvalue weighted by Crippen LogP contribution is 2.35. The molecule has 1 aromatic rings. The quantitative estimate of drug-likeness (QED) is 0.789. The predicted molar refractivity (Wildman–Crippen MR) is 55.7 cm³/mol. The normalized spacial score (nSPS) is 20.8. The Morgan fingerprint density at radius 1 is 1.54 bits per heavy atom. The van der Waals surface area contributed by atoms with Crippen LogP contribution in [0, 0.1) is 12.8 Å². The molecule has 2 rings (SSSR count). The largest absolute Gasteiger partial charge is 0.323 e. The maximum Gasteiger partial charge on any atom is 0.0514 e. The minimum atomic E-state index is 0.244. The summed E-state index contributed by atoms with van der Waals surface area (Å²) in [6.45, 7) is 2.03. The summed E-state index contributed by atoms with van der Waals surface area (Å²) in [6, 6.07) is 2.38. The van der Waals surface area contributed by atoms with E-state index in [1.807, 2.05) is 6.92 Å². The number of hydrogen-bond donors (Lipinski definition) is 1. The molecule has 1 atom stereocenters. The number of hydrogen-bond acceptors (Lipinski definition) is 3. The molecular formula is C10H16N2S. The lowest BCUT2D eigenvalue weighted by atomic mass is 9.98. The second-order valence-electron chi connectivity index (χ2n) is 3.94. The van der Waals surface area contributed by atoms with Crippen molar-refractivity contribution in [3.05, 3.63) is 16.6 Å². The molecule has 1 aromatic heterocycles. The molecule has 0 spiro atoms. The van der Waals surface area contributed by atoms with Gasteiger partial charge in [0.15, 0.2) is 0 Å². The first-order valence-corrected chi connectivity index (χ1v) is 5.73. The summed E-state index contributed by atoms with van der Waals surface area (Å²) in [4.78, 5) is 1.27. The van der Waals surface area contributed by atoms with Gasteiger partial charge in [0.05, 0.1) is 5.69 Å². The van der Waals surface area contributed by atoms with Crippen molar-refractivity contribution in [3.63, 3.8) is 0 Å². The van der Waals surface area contributed by atoms with Crippen molar-refractivity contribution < 1.29 is 0 Å². The zero-order chi connectivity index (χ0) is 9.26. The van der Waals surface area contributed by atoms with Gasteiger partial charge in [-0.3, -0.25) is 0 Å². The number of nitrogens with zero attached hydrogens (tertiary/aromatic N) is 1. The van der Waals surface area contributed by atoms with Gasteiger partial charge in [-0.2, -0.15) is 4.37 Å². The summed E-state index contributed by atoms with van der Waals surface area (Å²) in [6.07, 6.45) is 5.32. The topological polar surface area (TPSA) is 38.9 Å². The molecule has 0 amide bonds. The Balaban J connectivity index is 2.07. The summed E-state index contributed by atoms with van der Waals surface area (Å²) in [5.74, 6) is 0.708.